The Balaban J connectivity index is 1.33. The van der Waals surface area contributed by atoms with E-state index in [9.17, 15) is 14.3 Å². The number of aryl methyl sites for hydroxylation is 1. The van der Waals surface area contributed by atoms with E-state index >= 15 is 0 Å². The van der Waals surface area contributed by atoms with Gasteiger partial charge in [0.15, 0.2) is 0 Å². The Morgan fingerprint density at radius 3 is 2.97 bits per heavy atom. The van der Waals surface area contributed by atoms with Gasteiger partial charge in [0.05, 0.1) is 23.0 Å². The van der Waals surface area contributed by atoms with Crippen molar-refractivity contribution in [3.8, 4) is 5.75 Å². The zero-order chi connectivity index (χ0) is 23.2. The number of pyridine rings is 1. The van der Waals surface area contributed by atoms with Gasteiger partial charge in [-0.1, -0.05) is 6.07 Å². The van der Waals surface area contributed by atoms with Gasteiger partial charge < -0.3 is 9.84 Å². The van der Waals surface area contributed by atoms with Gasteiger partial charge >= 0.3 is 5.97 Å². The first-order chi connectivity index (χ1) is 16.0. The van der Waals surface area contributed by atoms with E-state index in [2.05, 4.69) is 21.3 Å². The van der Waals surface area contributed by atoms with E-state index in [0.29, 0.717) is 43.8 Å². The Morgan fingerprint density at radius 2 is 2.21 bits per heavy atom. The molecule has 176 valence electrons. The van der Waals surface area contributed by atoms with Gasteiger partial charge in [0.2, 0.25) is 0 Å². The smallest absolute Gasteiger partial charge is 0.322 e. The molecule has 0 unspecified atom stereocenters. The summed E-state index contributed by atoms with van der Waals surface area (Å²) in [4.78, 5) is 20.4. The molecule has 1 saturated heterocycles. The van der Waals surface area contributed by atoms with Crippen LogP contribution in [0.25, 0.3) is 10.9 Å². The van der Waals surface area contributed by atoms with Crippen LogP contribution in [-0.2, 0) is 11.2 Å². The van der Waals surface area contributed by atoms with Crippen molar-refractivity contribution in [2.75, 3.05) is 45.6 Å². The second kappa shape index (κ2) is 11.3. The molecule has 0 amide bonds. The lowest BCUT2D eigenvalue weighted by Crippen LogP contribution is -2.56. The summed E-state index contributed by atoms with van der Waals surface area (Å²) >= 11 is 3.54. The molecule has 0 saturated carbocycles. The zero-order valence-corrected chi connectivity index (χ0v) is 20.2. The lowest BCUT2D eigenvalue weighted by atomic mass is 10.0. The van der Waals surface area contributed by atoms with Gasteiger partial charge in [-0.2, -0.15) is 0 Å². The standard InChI is InChI=1S/C24H28FN3O3S2/c1-31-17-6-7-21-19(14-17)18(20(25)15-26-21)4-2-8-28-10-9-27(16-22(28)24(29)30)11-13-33-23-5-3-12-32-23/h3,5-7,12,14-15,22H,2,4,8-11,13,16H2,1H3,(H,29,30)/t22-/m0/s1. The number of fused-ring (bicyclic) bond motifs is 1. The number of nitrogens with zero attached hydrogens (tertiary/aromatic N) is 3. The third kappa shape index (κ3) is 6.03. The minimum absolute atomic E-state index is 0.335. The molecule has 1 aliphatic heterocycles. The van der Waals surface area contributed by atoms with Gasteiger partial charge in [-0.25, -0.2) is 4.39 Å². The molecule has 33 heavy (non-hydrogen) atoms. The molecule has 1 atom stereocenters. The third-order valence-electron chi connectivity index (χ3n) is 6.01. The molecule has 2 aromatic heterocycles. The molecule has 3 heterocycles. The van der Waals surface area contributed by atoms with Crippen LogP contribution in [0.15, 0.2) is 46.1 Å². The van der Waals surface area contributed by atoms with Crippen LogP contribution in [0.4, 0.5) is 4.39 Å². The van der Waals surface area contributed by atoms with Crippen LogP contribution in [0.3, 0.4) is 0 Å². The summed E-state index contributed by atoms with van der Waals surface area (Å²) in [5, 5.41) is 12.6. The summed E-state index contributed by atoms with van der Waals surface area (Å²) in [5.74, 6) is 0.481. The highest BCUT2D eigenvalue weighted by Gasteiger charge is 2.31. The molecule has 0 radical (unpaired) electrons. The SMILES string of the molecule is COc1ccc2ncc(F)c(CCCN3CCN(CCSc4cccs4)C[C@H]3C(=O)O)c2c1. The van der Waals surface area contributed by atoms with E-state index in [1.165, 1.54) is 10.4 Å². The molecule has 0 spiro atoms. The van der Waals surface area contributed by atoms with Gasteiger partial charge in [-0.05, 0) is 54.6 Å². The van der Waals surface area contributed by atoms with Gasteiger partial charge in [0.25, 0.3) is 0 Å². The minimum atomic E-state index is -0.795. The maximum Gasteiger partial charge on any atom is 0.322 e. The van der Waals surface area contributed by atoms with E-state index in [-0.39, 0.29) is 5.82 Å². The maximum absolute atomic E-state index is 14.6. The van der Waals surface area contributed by atoms with Crippen molar-refractivity contribution in [1.29, 1.82) is 0 Å². The largest absolute Gasteiger partial charge is 0.497 e. The van der Waals surface area contributed by atoms with Crippen LogP contribution in [0.1, 0.15) is 12.0 Å². The summed E-state index contributed by atoms with van der Waals surface area (Å²) in [6, 6.07) is 9.07. The number of aromatic nitrogens is 1. The number of halogens is 1. The number of carboxylic acids is 1. The number of thioether (sulfide) groups is 1. The Labute approximate surface area is 201 Å². The average molecular weight is 490 g/mol. The Hall–Kier alpha value is -2.20. The fourth-order valence-corrected chi connectivity index (χ4v) is 6.11. The molecule has 6 nitrogen and oxygen atoms in total. The molecule has 1 aliphatic rings. The number of carboxylic acid groups (broad SMARTS) is 1. The highest BCUT2D eigenvalue weighted by atomic mass is 32.2. The van der Waals surface area contributed by atoms with E-state index in [1.807, 2.05) is 40.9 Å². The van der Waals surface area contributed by atoms with Gasteiger partial charge in [0, 0.05) is 37.3 Å². The quantitative estimate of drug-likeness (QED) is 0.427. The van der Waals surface area contributed by atoms with Crippen LogP contribution in [0, 0.1) is 5.82 Å². The van der Waals surface area contributed by atoms with Crippen molar-refractivity contribution >= 4 is 40.0 Å². The lowest BCUT2D eigenvalue weighted by Gasteiger charge is -2.39. The molecule has 9 heteroatoms. The number of hydrogen-bond donors (Lipinski definition) is 1. The predicted octanol–water partition coefficient (Wildman–Crippen LogP) is 4.24. The van der Waals surface area contributed by atoms with E-state index in [1.54, 1.807) is 18.4 Å². The summed E-state index contributed by atoms with van der Waals surface area (Å²) < 4.78 is 21.2. The van der Waals surface area contributed by atoms with Crippen LogP contribution < -0.4 is 4.74 Å². The number of aliphatic carboxylic acids is 1. The average Bonchev–Trinajstić information content (AvgIpc) is 3.34. The monoisotopic (exact) mass is 489 g/mol. The summed E-state index contributed by atoms with van der Waals surface area (Å²) in [6.45, 7) is 3.55. The lowest BCUT2D eigenvalue weighted by molar-refractivity contribution is -0.145. The third-order valence-corrected chi connectivity index (χ3v) is 8.12. The molecule has 1 aromatic carbocycles. The predicted molar refractivity (Wildman–Crippen MR) is 131 cm³/mol. The molecule has 3 aromatic rings. The first kappa shape index (κ1) is 23.9. The van der Waals surface area contributed by atoms with E-state index in [4.69, 9.17) is 4.74 Å². The Kier molecular flexibility index (Phi) is 8.19. The Bertz CT molecular complexity index is 1080. The van der Waals surface area contributed by atoms with Crippen LogP contribution in [-0.4, -0.2) is 77.5 Å². The van der Waals surface area contributed by atoms with Crippen LogP contribution in [0.2, 0.25) is 0 Å². The van der Waals surface area contributed by atoms with Crippen molar-refractivity contribution in [2.24, 2.45) is 0 Å². The second-order valence-corrected chi connectivity index (χ2v) is 10.4. The van der Waals surface area contributed by atoms with Crippen molar-refractivity contribution in [3.63, 3.8) is 0 Å². The number of methoxy groups -OCH3 is 1. The minimum Gasteiger partial charge on any atom is -0.497 e. The maximum atomic E-state index is 14.6. The van der Waals surface area contributed by atoms with Gasteiger partial charge in [0.1, 0.15) is 17.6 Å². The van der Waals surface area contributed by atoms with Gasteiger partial charge in [-0.3, -0.25) is 19.6 Å². The molecular weight excluding hydrogens is 461 g/mol. The fourth-order valence-electron chi connectivity index (χ4n) is 4.25. The van der Waals surface area contributed by atoms with Gasteiger partial charge in [-0.15, -0.1) is 23.1 Å². The van der Waals surface area contributed by atoms with Crippen LogP contribution in [0.5, 0.6) is 5.75 Å². The number of rotatable bonds is 10. The first-order valence-corrected chi connectivity index (χ1v) is 12.9. The Morgan fingerprint density at radius 1 is 1.33 bits per heavy atom. The first-order valence-electron chi connectivity index (χ1n) is 11.0. The van der Waals surface area contributed by atoms with Crippen molar-refractivity contribution in [3.05, 3.63) is 53.3 Å². The summed E-state index contributed by atoms with van der Waals surface area (Å²) in [6.07, 6.45) is 2.45. The van der Waals surface area contributed by atoms with E-state index < -0.39 is 12.0 Å². The number of piperazine rings is 1. The number of thiophene rings is 1. The molecular formula is C24H28FN3O3S2. The van der Waals surface area contributed by atoms with Crippen LogP contribution >= 0.6 is 23.1 Å². The van der Waals surface area contributed by atoms with E-state index in [0.717, 1.165) is 29.7 Å². The summed E-state index contributed by atoms with van der Waals surface area (Å²) in [7, 11) is 1.58. The second-order valence-electron chi connectivity index (χ2n) is 8.04. The number of carbonyl (C=O) groups is 1. The molecule has 0 bridgehead atoms. The normalized spacial score (nSPS) is 17.5. The van der Waals surface area contributed by atoms with Crippen molar-refractivity contribution in [2.45, 2.75) is 23.1 Å². The zero-order valence-electron chi connectivity index (χ0n) is 18.6. The highest BCUT2D eigenvalue weighted by Crippen LogP contribution is 2.26. The topological polar surface area (TPSA) is 65.9 Å². The fraction of sp³-hybridized carbons (Fsp3) is 0.417. The number of ether oxygens (including phenoxy) is 1. The molecule has 0 aliphatic carbocycles. The summed E-state index contributed by atoms with van der Waals surface area (Å²) in [5.41, 5.74) is 1.33. The number of benzene rings is 1. The number of hydrogen-bond acceptors (Lipinski definition) is 7. The highest BCUT2D eigenvalue weighted by molar-refractivity contribution is 8.01. The molecule has 1 fully saturated rings. The van der Waals surface area contributed by atoms with Crippen molar-refractivity contribution in [1.82, 2.24) is 14.8 Å². The molecule has 4 rings (SSSR count). The van der Waals surface area contributed by atoms with Crippen molar-refractivity contribution < 1.29 is 19.0 Å². The molecule has 1 N–H and O–H groups in total.